The zero-order chi connectivity index (χ0) is 22.8. The lowest BCUT2D eigenvalue weighted by molar-refractivity contribution is 0.568. The van der Waals surface area contributed by atoms with Gasteiger partial charge in [0.25, 0.3) is 0 Å². The summed E-state index contributed by atoms with van der Waals surface area (Å²) in [6.07, 6.45) is 6.91. The number of rotatable bonds is 7. The average Bonchev–Trinajstić information content (AvgIpc) is 2.79. The summed E-state index contributed by atoms with van der Waals surface area (Å²) in [5, 5.41) is -0.736. The van der Waals surface area contributed by atoms with Crippen LogP contribution in [0.15, 0.2) is 76.8 Å². The number of benzene rings is 2. The van der Waals surface area contributed by atoms with Gasteiger partial charge in [-0.2, -0.15) is 0 Å². The minimum absolute atomic E-state index is 0.0590. The number of halogens is 1. The number of hydrogen-bond donors (Lipinski definition) is 1. The van der Waals surface area contributed by atoms with E-state index in [9.17, 15) is 16.8 Å². The number of hydrogen-bond acceptors (Lipinski definition) is 5. The maximum atomic E-state index is 13.4. The molecule has 1 unspecified atom stereocenters. The highest BCUT2D eigenvalue weighted by molar-refractivity contribution is 7.92. The minimum atomic E-state index is -3.92. The third-order valence-corrected chi connectivity index (χ3v) is 9.45. The Bertz CT molecular complexity index is 1310. The maximum absolute atomic E-state index is 13.4. The van der Waals surface area contributed by atoms with Crippen molar-refractivity contribution in [1.82, 2.24) is 9.71 Å². The molecule has 1 atom stereocenters. The Morgan fingerprint density at radius 2 is 1.59 bits per heavy atom. The molecule has 1 N–H and O–H groups in total. The number of sulfonamides is 1. The molecule has 0 radical (unpaired) electrons. The Labute approximate surface area is 193 Å². The van der Waals surface area contributed by atoms with Gasteiger partial charge >= 0.3 is 0 Å². The summed E-state index contributed by atoms with van der Waals surface area (Å²) < 4.78 is 55.3. The molecule has 9 heteroatoms. The molecule has 0 fully saturated rings. The SMILES string of the molecule is O=S(=O)(NCC(c1cccnc1)S(=O)(=O)c1ccc(Cl)cc1)c1ccc2c(c1)CCCC2. The number of nitrogens with zero attached hydrogens (tertiary/aromatic N) is 1. The largest absolute Gasteiger partial charge is 0.264 e. The van der Waals surface area contributed by atoms with Gasteiger partial charge in [0.1, 0.15) is 5.25 Å². The third kappa shape index (κ3) is 4.88. The fraction of sp³-hybridized carbons (Fsp3) is 0.261. The molecular weight excluding hydrogens is 468 g/mol. The molecule has 0 aliphatic heterocycles. The molecule has 1 aliphatic rings. The van der Waals surface area contributed by atoms with Crippen LogP contribution in [0.4, 0.5) is 0 Å². The molecule has 0 amide bonds. The van der Waals surface area contributed by atoms with Crippen LogP contribution in [0.2, 0.25) is 5.02 Å². The molecule has 1 heterocycles. The van der Waals surface area contributed by atoms with Gasteiger partial charge in [0.15, 0.2) is 9.84 Å². The summed E-state index contributed by atoms with van der Waals surface area (Å²) in [6, 6.07) is 14.2. The molecule has 6 nitrogen and oxygen atoms in total. The van der Waals surface area contributed by atoms with E-state index >= 15 is 0 Å². The van der Waals surface area contributed by atoms with E-state index in [1.807, 2.05) is 6.07 Å². The molecular formula is C23H23ClN2O4S2. The van der Waals surface area contributed by atoms with Crippen LogP contribution in [-0.4, -0.2) is 28.4 Å². The van der Waals surface area contributed by atoms with Crippen molar-refractivity contribution < 1.29 is 16.8 Å². The lowest BCUT2D eigenvalue weighted by Gasteiger charge is -2.20. The van der Waals surface area contributed by atoms with E-state index in [0.717, 1.165) is 31.2 Å². The zero-order valence-electron chi connectivity index (χ0n) is 17.2. The molecule has 0 saturated carbocycles. The van der Waals surface area contributed by atoms with Crippen molar-refractivity contribution in [2.75, 3.05) is 6.54 Å². The first-order valence-corrected chi connectivity index (χ1v) is 13.7. The Morgan fingerprint density at radius 3 is 2.28 bits per heavy atom. The molecule has 0 bridgehead atoms. The van der Waals surface area contributed by atoms with Crippen LogP contribution in [0, 0.1) is 0 Å². The normalized spacial score (nSPS) is 15.2. The molecule has 1 aliphatic carbocycles. The van der Waals surface area contributed by atoms with Crippen molar-refractivity contribution in [2.45, 2.75) is 40.7 Å². The second-order valence-electron chi connectivity index (χ2n) is 7.76. The smallest absolute Gasteiger partial charge is 0.240 e. The standard InChI is InChI=1S/C23H23ClN2O4S2/c24-20-8-11-21(12-9-20)31(27,28)23(19-6-3-13-25-15-19)16-26-32(29,30)22-10-7-17-4-1-2-5-18(17)14-22/h3,6-15,23,26H,1-2,4-5,16H2. The Balaban J connectivity index is 1.64. The van der Waals surface area contributed by atoms with Crippen LogP contribution in [0.3, 0.4) is 0 Å². The van der Waals surface area contributed by atoms with Gasteiger partial charge in [0.05, 0.1) is 9.79 Å². The highest BCUT2D eigenvalue weighted by Gasteiger charge is 2.31. The van der Waals surface area contributed by atoms with Gasteiger partial charge in [-0.05, 0) is 84.8 Å². The Hall–Kier alpha value is -2.26. The monoisotopic (exact) mass is 490 g/mol. The second-order valence-corrected chi connectivity index (χ2v) is 12.1. The summed E-state index contributed by atoms with van der Waals surface area (Å²) in [5.41, 5.74) is 2.61. The summed E-state index contributed by atoms with van der Waals surface area (Å²) in [4.78, 5) is 4.22. The van der Waals surface area contributed by atoms with E-state index in [-0.39, 0.29) is 16.3 Å². The first-order valence-electron chi connectivity index (χ1n) is 10.3. The highest BCUT2D eigenvalue weighted by atomic mass is 35.5. The topological polar surface area (TPSA) is 93.2 Å². The van der Waals surface area contributed by atoms with Crippen molar-refractivity contribution in [3.8, 4) is 0 Å². The van der Waals surface area contributed by atoms with Crippen LogP contribution in [0.5, 0.6) is 0 Å². The molecule has 2 aromatic carbocycles. The van der Waals surface area contributed by atoms with Gasteiger partial charge in [0, 0.05) is 24.0 Å². The first-order chi connectivity index (χ1) is 15.3. The van der Waals surface area contributed by atoms with Crippen molar-refractivity contribution >= 4 is 31.5 Å². The van der Waals surface area contributed by atoms with E-state index in [4.69, 9.17) is 11.6 Å². The fourth-order valence-corrected chi connectivity index (χ4v) is 6.88. The fourth-order valence-electron chi connectivity index (χ4n) is 3.91. The van der Waals surface area contributed by atoms with E-state index in [0.29, 0.717) is 10.6 Å². The van der Waals surface area contributed by atoms with Gasteiger partial charge in [-0.25, -0.2) is 21.6 Å². The Kier molecular flexibility index (Phi) is 6.67. The first kappa shape index (κ1) is 22.9. The van der Waals surface area contributed by atoms with Crippen LogP contribution >= 0.6 is 11.6 Å². The second kappa shape index (κ2) is 9.31. The predicted molar refractivity (Wildman–Crippen MR) is 124 cm³/mol. The highest BCUT2D eigenvalue weighted by Crippen LogP contribution is 2.30. The van der Waals surface area contributed by atoms with Gasteiger partial charge in [-0.1, -0.05) is 23.7 Å². The van der Waals surface area contributed by atoms with Crippen molar-refractivity contribution in [3.63, 3.8) is 0 Å². The van der Waals surface area contributed by atoms with Gasteiger partial charge in [0.2, 0.25) is 10.0 Å². The lowest BCUT2D eigenvalue weighted by Crippen LogP contribution is -2.32. The molecule has 0 saturated heterocycles. The maximum Gasteiger partial charge on any atom is 0.240 e. The predicted octanol–water partition coefficient (Wildman–Crippen LogP) is 4.11. The quantitative estimate of drug-likeness (QED) is 0.538. The van der Waals surface area contributed by atoms with Crippen LogP contribution < -0.4 is 4.72 Å². The van der Waals surface area contributed by atoms with Crippen LogP contribution in [0.25, 0.3) is 0 Å². The summed E-state index contributed by atoms with van der Waals surface area (Å²) in [5.74, 6) is 0. The van der Waals surface area contributed by atoms with E-state index in [1.54, 1.807) is 24.3 Å². The number of aromatic nitrogens is 1. The number of nitrogens with one attached hydrogen (secondary N) is 1. The molecule has 168 valence electrons. The number of fused-ring (bicyclic) bond motifs is 1. The number of aryl methyl sites for hydroxylation is 2. The number of pyridine rings is 1. The summed E-state index contributed by atoms with van der Waals surface area (Å²) in [6.45, 7) is -0.323. The van der Waals surface area contributed by atoms with Crippen molar-refractivity contribution in [3.05, 3.63) is 88.7 Å². The average molecular weight is 491 g/mol. The number of sulfone groups is 1. The van der Waals surface area contributed by atoms with E-state index in [1.165, 1.54) is 42.2 Å². The van der Waals surface area contributed by atoms with Gasteiger partial charge in [-0.3, -0.25) is 4.98 Å². The van der Waals surface area contributed by atoms with Crippen LogP contribution in [-0.2, 0) is 32.7 Å². The third-order valence-electron chi connectivity index (χ3n) is 5.66. The minimum Gasteiger partial charge on any atom is -0.264 e. The molecule has 1 aromatic heterocycles. The van der Waals surface area contributed by atoms with Gasteiger partial charge in [-0.15, -0.1) is 0 Å². The summed E-state index contributed by atoms with van der Waals surface area (Å²) in [7, 11) is -7.82. The van der Waals surface area contributed by atoms with Crippen LogP contribution in [0.1, 0.15) is 34.8 Å². The zero-order valence-corrected chi connectivity index (χ0v) is 19.6. The van der Waals surface area contributed by atoms with Crippen molar-refractivity contribution in [2.24, 2.45) is 0 Å². The molecule has 4 rings (SSSR count). The van der Waals surface area contributed by atoms with Gasteiger partial charge < -0.3 is 0 Å². The molecule has 0 spiro atoms. The Morgan fingerprint density at radius 1 is 0.906 bits per heavy atom. The van der Waals surface area contributed by atoms with Crippen molar-refractivity contribution in [1.29, 1.82) is 0 Å². The summed E-state index contributed by atoms with van der Waals surface area (Å²) >= 11 is 5.90. The van der Waals surface area contributed by atoms with E-state index in [2.05, 4.69) is 9.71 Å². The molecule has 32 heavy (non-hydrogen) atoms. The lowest BCUT2D eigenvalue weighted by atomic mass is 9.92. The van der Waals surface area contributed by atoms with E-state index < -0.39 is 25.1 Å². The molecule has 3 aromatic rings.